The number of hydrogen-bond donors (Lipinski definition) is 1. The zero-order valence-corrected chi connectivity index (χ0v) is 15.7. The van der Waals surface area contributed by atoms with Gasteiger partial charge in [-0.2, -0.15) is 26.3 Å². The Balaban J connectivity index is 3.07. The molecule has 0 bridgehead atoms. The summed E-state index contributed by atoms with van der Waals surface area (Å²) in [5.74, 6) is -0.473. The molecule has 0 fully saturated rings. The highest BCUT2D eigenvalue weighted by Gasteiger charge is 2.63. The molecule has 0 aromatic heterocycles. The van der Waals surface area contributed by atoms with E-state index in [0.29, 0.717) is 6.92 Å². The summed E-state index contributed by atoms with van der Waals surface area (Å²) in [6.45, 7) is 0.670. The number of hydrogen-bond acceptors (Lipinski definition) is 8. The summed E-state index contributed by atoms with van der Waals surface area (Å²) < 4.78 is 126. The second kappa shape index (κ2) is 8.25. The summed E-state index contributed by atoms with van der Waals surface area (Å²) >= 11 is 0. The van der Waals surface area contributed by atoms with Crippen LogP contribution in [0.1, 0.15) is 13.3 Å². The van der Waals surface area contributed by atoms with Crippen molar-refractivity contribution in [2.24, 2.45) is 0 Å². The molecule has 0 saturated heterocycles. The van der Waals surface area contributed by atoms with Crippen LogP contribution in [-0.4, -0.2) is 49.8 Å². The first-order valence-corrected chi connectivity index (χ1v) is 10.3. The minimum Gasteiger partial charge on any atom is -0.508 e. The summed E-state index contributed by atoms with van der Waals surface area (Å²) in [5.41, 5.74) is -12.6. The van der Waals surface area contributed by atoms with E-state index >= 15 is 0 Å². The number of rotatable bonds is 6. The van der Waals surface area contributed by atoms with Crippen molar-refractivity contribution >= 4 is 25.8 Å². The average Bonchev–Trinajstić information content (AvgIpc) is 2.52. The Bertz CT molecular complexity index is 891. The van der Waals surface area contributed by atoms with Gasteiger partial charge in [0.05, 0.1) is 0 Å². The number of aromatic hydroxyl groups is 1. The minimum atomic E-state index is -6.84. The fraction of sp³-hybridized carbons (Fsp3) is 0.462. The van der Waals surface area contributed by atoms with Crippen molar-refractivity contribution in [3.8, 4) is 11.5 Å². The Kier molecular flexibility index (Phi) is 7.06. The lowest BCUT2D eigenvalue weighted by molar-refractivity contribution is -0.0476. The summed E-state index contributed by atoms with van der Waals surface area (Å²) in [6, 6.07) is 4.22. The number of alkyl halides is 6. The molecule has 0 radical (unpaired) electrons. The molecule has 1 aromatic rings. The molecule has 8 nitrogen and oxygen atoms in total. The van der Waals surface area contributed by atoms with Gasteiger partial charge in [-0.1, -0.05) is 0 Å². The number of benzene rings is 1. The maximum absolute atomic E-state index is 12.7. The molecular formula is C13H12F6O8S2. The number of halogens is 6. The third-order valence-electron chi connectivity index (χ3n) is 3.20. The van der Waals surface area contributed by atoms with Crippen LogP contribution in [-0.2, 0) is 24.4 Å². The first-order chi connectivity index (χ1) is 12.9. The van der Waals surface area contributed by atoms with Crippen molar-refractivity contribution in [3.05, 3.63) is 24.3 Å². The van der Waals surface area contributed by atoms with Crippen LogP contribution in [0.15, 0.2) is 24.3 Å². The molecule has 0 aliphatic heterocycles. The van der Waals surface area contributed by atoms with Gasteiger partial charge in [-0.15, -0.1) is 0 Å². The fourth-order valence-corrected chi connectivity index (χ4v) is 5.47. The standard InChI is InChI=1S/C13H12F6O8S2/c1-7(26-11(21)27-9-4-2-8(20)3-5-9)6-10(28(22,23)12(14,15)16)29(24,25)13(17,18)19/h2-5,7,10,20H,6H2,1H3. The molecule has 16 heteroatoms. The van der Waals surface area contributed by atoms with Crippen LogP contribution in [0.25, 0.3) is 0 Å². The maximum Gasteiger partial charge on any atom is 0.514 e. The summed E-state index contributed by atoms with van der Waals surface area (Å²) in [6.07, 6.45) is -5.58. The molecule has 0 aliphatic rings. The smallest absolute Gasteiger partial charge is 0.508 e. The molecule has 166 valence electrons. The molecule has 1 rings (SSSR count). The van der Waals surface area contributed by atoms with Crippen LogP contribution in [0.2, 0.25) is 0 Å². The largest absolute Gasteiger partial charge is 0.514 e. The SMILES string of the molecule is CC(CC(S(=O)(=O)C(F)(F)F)S(=O)(=O)C(F)(F)F)OC(=O)Oc1ccc(O)cc1. The lowest BCUT2D eigenvalue weighted by Gasteiger charge is -2.23. The topological polar surface area (TPSA) is 124 Å². The Hall–Kier alpha value is -2.23. The number of carbonyl (C=O) groups is 1. The molecule has 0 heterocycles. The van der Waals surface area contributed by atoms with Crippen molar-refractivity contribution in [2.75, 3.05) is 0 Å². The highest BCUT2D eigenvalue weighted by Crippen LogP contribution is 2.38. The normalized spacial score (nSPS) is 14.5. The third-order valence-corrected chi connectivity index (χ3v) is 7.78. The Labute approximate surface area is 159 Å². The van der Waals surface area contributed by atoms with E-state index in [-0.39, 0.29) is 11.5 Å². The van der Waals surface area contributed by atoms with Crippen molar-refractivity contribution in [1.29, 1.82) is 0 Å². The van der Waals surface area contributed by atoms with Crippen molar-refractivity contribution in [1.82, 2.24) is 0 Å². The average molecular weight is 474 g/mol. The van der Waals surface area contributed by atoms with Gasteiger partial charge in [-0.25, -0.2) is 21.6 Å². The number of ether oxygens (including phenoxy) is 2. The third kappa shape index (κ3) is 5.88. The van der Waals surface area contributed by atoms with Gasteiger partial charge < -0.3 is 14.6 Å². The maximum atomic E-state index is 12.7. The first kappa shape index (κ1) is 24.8. The molecule has 0 saturated carbocycles. The van der Waals surface area contributed by atoms with E-state index in [1.165, 1.54) is 0 Å². The molecule has 1 aromatic carbocycles. The predicted molar refractivity (Wildman–Crippen MR) is 83.0 cm³/mol. The van der Waals surface area contributed by atoms with E-state index in [1.807, 2.05) is 0 Å². The lowest BCUT2D eigenvalue weighted by Crippen LogP contribution is -2.46. The van der Waals surface area contributed by atoms with Crippen molar-refractivity contribution in [2.45, 2.75) is 35.0 Å². The zero-order valence-electron chi connectivity index (χ0n) is 14.1. The van der Waals surface area contributed by atoms with E-state index in [1.54, 1.807) is 0 Å². The van der Waals surface area contributed by atoms with Gasteiger partial charge in [0.25, 0.3) is 19.7 Å². The van der Waals surface area contributed by atoms with Crippen LogP contribution in [0, 0.1) is 0 Å². The second-order valence-electron chi connectivity index (χ2n) is 5.42. The van der Waals surface area contributed by atoms with E-state index in [2.05, 4.69) is 9.47 Å². The number of phenols is 1. The Morgan fingerprint density at radius 2 is 1.38 bits per heavy atom. The van der Waals surface area contributed by atoms with E-state index in [4.69, 9.17) is 5.11 Å². The van der Waals surface area contributed by atoms with Crippen molar-refractivity contribution < 1.29 is 62.6 Å². The number of sulfone groups is 2. The second-order valence-corrected chi connectivity index (χ2v) is 9.96. The first-order valence-electron chi connectivity index (χ1n) is 7.17. The summed E-state index contributed by atoms with van der Waals surface area (Å²) in [4.78, 5) is 11.5. The van der Waals surface area contributed by atoms with Crippen LogP contribution in [0.5, 0.6) is 11.5 Å². The minimum absolute atomic E-state index is 0.225. The predicted octanol–water partition coefficient (Wildman–Crippen LogP) is 2.88. The van der Waals surface area contributed by atoms with Gasteiger partial charge in [0.15, 0.2) is 4.58 Å². The van der Waals surface area contributed by atoms with Crippen LogP contribution >= 0.6 is 0 Å². The Morgan fingerprint density at radius 3 is 1.76 bits per heavy atom. The van der Waals surface area contributed by atoms with Crippen molar-refractivity contribution in [3.63, 3.8) is 0 Å². The van der Waals surface area contributed by atoms with Gasteiger partial charge in [-0.3, -0.25) is 0 Å². The molecule has 1 N–H and O–H groups in total. The molecular weight excluding hydrogens is 462 g/mol. The number of phenolic OH excluding ortho intramolecular Hbond substituents is 1. The van der Waals surface area contributed by atoms with Gasteiger partial charge in [-0.05, 0) is 31.2 Å². The van der Waals surface area contributed by atoms with E-state index < -0.39 is 54.0 Å². The molecule has 1 unspecified atom stereocenters. The molecule has 0 amide bonds. The number of carbonyl (C=O) groups excluding carboxylic acids is 1. The molecule has 0 spiro atoms. The molecule has 1 atom stereocenters. The van der Waals surface area contributed by atoms with Gasteiger partial charge >= 0.3 is 17.2 Å². The molecule has 29 heavy (non-hydrogen) atoms. The molecule has 0 aliphatic carbocycles. The highest BCUT2D eigenvalue weighted by atomic mass is 32.3. The summed E-state index contributed by atoms with van der Waals surface area (Å²) in [5, 5.41) is 9.05. The van der Waals surface area contributed by atoms with Gasteiger partial charge in [0.2, 0.25) is 0 Å². The highest BCUT2D eigenvalue weighted by molar-refractivity contribution is 8.09. The summed E-state index contributed by atoms with van der Waals surface area (Å²) in [7, 11) is -13.7. The monoisotopic (exact) mass is 474 g/mol. The quantitative estimate of drug-likeness (QED) is 0.379. The van der Waals surface area contributed by atoms with E-state index in [9.17, 15) is 48.0 Å². The van der Waals surface area contributed by atoms with Crippen LogP contribution in [0.4, 0.5) is 31.1 Å². The van der Waals surface area contributed by atoms with Crippen LogP contribution < -0.4 is 4.74 Å². The van der Waals surface area contributed by atoms with Crippen LogP contribution in [0.3, 0.4) is 0 Å². The van der Waals surface area contributed by atoms with E-state index in [0.717, 1.165) is 24.3 Å². The zero-order chi connectivity index (χ0) is 22.8. The van der Waals surface area contributed by atoms with Gasteiger partial charge in [0.1, 0.15) is 17.6 Å². The fourth-order valence-electron chi connectivity index (χ4n) is 1.84. The van der Waals surface area contributed by atoms with Gasteiger partial charge in [0, 0.05) is 6.42 Å². The Morgan fingerprint density at radius 1 is 0.966 bits per heavy atom. The lowest BCUT2D eigenvalue weighted by atomic mass is 10.3.